The highest BCUT2D eigenvalue weighted by molar-refractivity contribution is 6.12. The van der Waals surface area contributed by atoms with E-state index in [1.54, 1.807) is 4.90 Å². The number of para-hydroxylation sites is 3. The number of carbonyl (C=O) groups is 1. The molecule has 1 aromatic heterocycles. The van der Waals surface area contributed by atoms with Crippen LogP contribution in [0.25, 0.3) is 22.4 Å². The molecule has 0 saturated carbocycles. The molecule has 2 aliphatic heterocycles. The number of hydrogen-bond donors (Lipinski definition) is 1. The Morgan fingerprint density at radius 3 is 2.62 bits per heavy atom. The molecule has 1 spiro atoms. The highest BCUT2D eigenvalue weighted by Gasteiger charge is 2.55. The summed E-state index contributed by atoms with van der Waals surface area (Å²) in [5, 5.41) is 3.63. The van der Waals surface area contributed by atoms with E-state index in [-0.39, 0.29) is 5.91 Å². The van der Waals surface area contributed by atoms with Gasteiger partial charge in [0.15, 0.2) is 0 Å². The summed E-state index contributed by atoms with van der Waals surface area (Å²) in [6.07, 6.45) is 0. The van der Waals surface area contributed by atoms with E-state index in [2.05, 4.69) is 41.9 Å². The monoisotopic (exact) mass is 380 g/mol. The number of amides is 1. The molecule has 3 aromatic carbocycles. The van der Waals surface area contributed by atoms with Crippen molar-refractivity contribution >= 4 is 28.3 Å². The van der Waals surface area contributed by atoms with Crippen molar-refractivity contribution in [3.63, 3.8) is 0 Å². The molecule has 0 aliphatic carbocycles. The Labute approximate surface area is 168 Å². The number of nitrogens with zero attached hydrogens (tertiary/aromatic N) is 3. The maximum Gasteiger partial charge on any atom is 0.278 e. The van der Waals surface area contributed by atoms with Crippen molar-refractivity contribution < 1.29 is 4.79 Å². The van der Waals surface area contributed by atoms with Gasteiger partial charge in [0.25, 0.3) is 5.91 Å². The van der Waals surface area contributed by atoms with E-state index in [0.29, 0.717) is 0 Å². The van der Waals surface area contributed by atoms with Crippen molar-refractivity contribution in [2.75, 3.05) is 17.3 Å². The van der Waals surface area contributed by atoms with Crippen LogP contribution in [0.3, 0.4) is 0 Å². The number of nitrogens with one attached hydrogen (secondary N) is 1. The third kappa shape index (κ3) is 1.85. The maximum atomic E-state index is 13.9. The SMILES string of the molecule is Cc1cc(C)c2c(c1)[C@]1(Nc3ccccc3-c3nc4ccccc4n31)C(=O)N2C. The van der Waals surface area contributed by atoms with Crippen molar-refractivity contribution in [3.05, 3.63) is 77.4 Å². The van der Waals surface area contributed by atoms with E-state index in [1.807, 2.05) is 49.5 Å². The third-order valence-electron chi connectivity index (χ3n) is 6.16. The molecule has 0 bridgehead atoms. The van der Waals surface area contributed by atoms with Crippen molar-refractivity contribution in [1.82, 2.24) is 9.55 Å². The minimum atomic E-state index is -1.05. The number of rotatable bonds is 0. The van der Waals surface area contributed by atoms with Gasteiger partial charge in [-0.3, -0.25) is 9.36 Å². The van der Waals surface area contributed by atoms with E-state index in [9.17, 15) is 4.79 Å². The second kappa shape index (κ2) is 5.26. The smallest absolute Gasteiger partial charge is 0.278 e. The molecule has 142 valence electrons. The number of carbonyl (C=O) groups excluding carboxylic acids is 1. The number of anilines is 2. The minimum Gasteiger partial charge on any atom is -0.350 e. The Morgan fingerprint density at radius 1 is 1.00 bits per heavy atom. The maximum absolute atomic E-state index is 13.9. The van der Waals surface area contributed by atoms with Crippen LogP contribution in [0.4, 0.5) is 11.4 Å². The number of hydrogen-bond acceptors (Lipinski definition) is 3. The van der Waals surface area contributed by atoms with Crippen molar-refractivity contribution in [2.45, 2.75) is 19.5 Å². The molecule has 4 aromatic rings. The third-order valence-corrected chi connectivity index (χ3v) is 6.16. The lowest BCUT2D eigenvalue weighted by molar-refractivity contribution is -0.122. The average Bonchev–Trinajstić information content (AvgIpc) is 3.20. The molecule has 1 atom stereocenters. The summed E-state index contributed by atoms with van der Waals surface area (Å²) in [7, 11) is 1.86. The Kier molecular flexibility index (Phi) is 2.97. The fourth-order valence-electron chi connectivity index (χ4n) is 5.06. The fraction of sp³-hybridized carbons (Fsp3) is 0.167. The molecular weight excluding hydrogens is 360 g/mol. The Bertz CT molecular complexity index is 1350. The number of aryl methyl sites for hydroxylation is 2. The van der Waals surface area contributed by atoms with Crippen LogP contribution >= 0.6 is 0 Å². The lowest BCUT2D eigenvalue weighted by Gasteiger charge is -2.38. The summed E-state index contributed by atoms with van der Waals surface area (Å²) in [6, 6.07) is 20.4. The number of fused-ring (bicyclic) bond motifs is 8. The van der Waals surface area contributed by atoms with Crippen molar-refractivity contribution in [1.29, 1.82) is 0 Å². The molecule has 0 radical (unpaired) electrons. The van der Waals surface area contributed by atoms with Crippen molar-refractivity contribution in [2.24, 2.45) is 0 Å². The summed E-state index contributed by atoms with van der Waals surface area (Å²) in [6.45, 7) is 4.14. The average molecular weight is 380 g/mol. The first-order chi connectivity index (χ1) is 14.0. The van der Waals surface area contributed by atoms with Crippen LogP contribution in [0.1, 0.15) is 16.7 Å². The van der Waals surface area contributed by atoms with Gasteiger partial charge in [0, 0.05) is 23.9 Å². The molecule has 29 heavy (non-hydrogen) atoms. The normalized spacial score (nSPS) is 19.3. The largest absolute Gasteiger partial charge is 0.350 e. The van der Waals surface area contributed by atoms with E-state index in [4.69, 9.17) is 4.98 Å². The lowest BCUT2D eigenvalue weighted by Crippen LogP contribution is -2.52. The molecule has 3 heterocycles. The van der Waals surface area contributed by atoms with Crippen LogP contribution in [0.2, 0.25) is 0 Å². The zero-order valence-electron chi connectivity index (χ0n) is 16.5. The minimum absolute atomic E-state index is 0.0000983. The first-order valence-corrected chi connectivity index (χ1v) is 9.78. The summed E-state index contributed by atoms with van der Waals surface area (Å²) < 4.78 is 2.09. The number of imidazole rings is 1. The summed E-state index contributed by atoms with van der Waals surface area (Å²) in [5.41, 5.74) is 6.87. The standard InChI is InChI=1S/C24H20N4O/c1-14-12-15(2)21-17(13-14)24(23(29)27(21)3)26-18-9-5-4-8-16(18)22-25-19-10-6-7-11-20(19)28(22)24/h4-13,26H,1-3H3/t24-/m1/s1. The molecule has 1 amide bonds. The van der Waals surface area contributed by atoms with Crippen LogP contribution in [0, 0.1) is 13.8 Å². The fourth-order valence-corrected chi connectivity index (χ4v) is 5.06. The molecular formula is C24H20N4O. The zero-order chi connectivity index (χ0) is 19.9. The summed E-state index contributed by atoms with van der Waals surface area (Å²) in [4.78, 5) is 20.7. The van der Waals surface area contributed by atoms with Crippen LogP contribution in [-0.2, 0) is 10.5 Å². The topological polar surface area (TPSA) is 50.2 Å². The first-order valence-electron chi connectivity index (χ1n) is 9.78. The predicted molar refractivity (Wildman–Crippen MR) is 115 cm³/mol. The molecule has 1 N–H and O–H groups in total. The predicted octanol–water partition coefficient (Wildman–Crippen LogP) is 4.42. The van der Waals surface area contributed by atoms with Crippen LogP contribution in [0.5, 0.6) is 0 Å². The molecule has 6 rings (SSSR count). The molecule has 0 unspecified atom stereocenters. The van der Waals surface area contributed by atoms with Gasteiger partial charge in [0.1, 0.15) is 5.82 Å². The molecule has 5 heteroatoms. The first kappa shape index (κ1) is 16.4. The lowest BCUT2D eigenvalue weighted by atomic mass is 9.92. The van der Waals surface area contributed by atoms with Crippen LogP contribution in [0.15, 0.2) is 60.7 Å². The Balaban J connectivity index is 1.82. The summed E-state index contributed by atoms with van der Waals surface area (Å²) in [5.74, 6) is 0.814. The van der Waals surface area contributed by atoms with E-state index >= 15 is 0 Å². The van der Waals surface area contributed by atoms with Gasteiger partial charge in [-0.1, -0.05) is 35.9 Å². The highest BCUT2D eigenvalue weighted by atomic mass is 16.2. The zero-order valence-corrected chi connectivity index (χ0v) is 16.5. The molecule has 0 saturated heterocycles. The highest BCUT2D eigenvalue weighted by Crippen LogP contribution is 2.51. The second-order valence-corrected chi connectivity index (χ2v) is 7.98. The molecule has 0 fully saturated rings. The molecule has 2 aliphatic rings. The van der Waals surface area contributed by atoms with Gasteiger partial charge >= 0.3 is 0 Å². The van der Waals surface area contributed by atoms with Gasteiger partial charge < -0.3 is 10.2 Å². The Hall–Kier alpha value is -3.60. The van der Waals surface area contributed by atoms with Gasteiger partial charge in [0.2, 0.25) is 5.66 Å². The van der Waals surface area contributed by atoms with Gasteiger partial charge in [-0.25, -0.2) is 4.98 Å². The quantitative estimate of drug-likeness (QED) is 0.491. The van der Waals surface area contributed by atoms with E-state index < -0.39 is 5.66 Å². The number of benzene rings is 3. The molecule has 5 nitrogen and oxygen atoms in total. The second-order valence-electron chi connectivity index (χ2n) is 7.98. The summed E-state index contributed by atoms with van der Waals surface area (Å²) >= 11 is 0. The number of aromatic nitrogens is 2. The van der Waals surface area contributed by atoms with E-state index in [1.165, 1.54) is 0 Å². The Morgan fingerprint density at radius 2 is 1.76 bits per heavy atom. The van der Waals surface area contributed by atoms with Crippen molar-refractivity contribution in [3.8, 4) is 11.4 Å². The number of likely N-dealkylation sites (N-methyl/N-ethyl adjacent to an activating group) is 1. The van der Waals surface area contributed by atoms with Gasteiger partial charge in [-0.2, -0.15) is 0 Å². The van der Waals surface area contributed by atoms with Gasteiger partial charge in [0.05, 0.1) is 16.7 Å². The van der Waals surface area contributed by atoms with Crippen LogP contribution < -0.4 is 10.2 Å². The van der Waals surface area contributed by atoms with Crippen LogP contribution in [-0.4, -0.2) is 22.5 Å². The van der Waals surface area contributed by atoms with Gasteiger partial charge in [-0.05, 0) is 49.7 Å². The van der Waals surface area contributed by atoms with E-state index in [0.717, 1.165) is 50.5 Å². The van der Waals surface area contributed by atoms with Gasteiger partial charge in [-0.15, -0.1) is 0 Å².